The second-order valence-electron chi connectivity index (χ2n) is 17.1. The van der Waals surface area contributed by atoms with Gasteiger partial charge < -0.3 is 42.8 Å². The summed E-state index contributed by atoms with van der Waals surface area (Å²) < 4.78 is 50.2. The van der Waals surface area contributed by atoms with E-state index in [-0.39, 0.29) is 90.9 Å². The number of esters is 1. The molecule has 53 heavy (non-hydrogen) atoms. The first kappa shape index (κ1) is 41.2. The van der Waals surface area contributed by atoms with Crippen LogP contribution in [0.25, 0.3) is 0 Å². The Kier molecular flexibility index (Phi) is 14.2. The molecule has 3 aliphatic heterocycles. The highest BCUT2D eigenvalue weighted by Gasteiger charge is 2.54. The van der Waals surface area contributed by atoms with Crippen molar-refractivity contribution in [2.24, 2.45) is 35.5 Å². The maximum atomic E-state index is 14.7. The predicted octanol–water partition coefficient (Wildman–Crippen LogP) is 6.10. The molecule has 0 aromatic heterocycles. The summed E-state index contributed by atoms with van der Waals surface area (Å²) in [4.78, 5) is 30.5. The predicted molar refractivity (Wildman–Crippen MR) is 199 cm³/mol. The monoisotopic (exact) mass is 747 g/mol. The van der Waals surface area contributed by atoms with Crippen molar-refractivity contribution in [3.05, 3.63) is 11.6 Å². The molecule has 0 aromatic rings. The molecule has 3 heterocycles. The molecule has 0 unspecified atom stereocenters. The van der Waals surface area contributed by atoms with Crippen molar-refractivity contribution in [2.45, 2.75) is 173 Å². The van der Waals surface area contributed by atoms with Gasteiger partial charge in [-0.05, 0) is 128 Å². The van der Waals surface area contributed by atoms with Gasteiger partial charge in [0.15, 0.2) is 18.4 Å². The van der Waals surface area contributed by atoms with Gasteiger partial charge in [0, 0.05) is 38.7 Å². The van der Waals surface area contributed by atoms with Gasteiger partial charge >= 0.3 is 5.97 Å². The highest BCUT2D eigenvalue weighted by Crippen LogP contribution is 2.57. The fraction of sp³-hybridized carbons (Fsp3) is 0.905. The zero-order valence-corrected chi connectivity index (χ0v) is 33.9. The van der Waals surface area contributed by atoms with E-state index in [1.165, 1.54) is 0 Å². The number of rotatable bonds is 10. The Morgan fingerprint density at radius 2 is 1.60 bits per heavy atom. The number of allylic oxidation sites excluding steroid dienone is 2. The van der Waals surface area contributed by atoms with Gasteiger partial charge in [0.2, 0.25) is 0 Å². The molecule has 11 nitrogen and oxygen atoms in total. The standard InChI is InChI=1S/C42H69NO10/c1-10-27-13-12-14-35(53-37-18-17-34(43(6)7)24(4)49-37)23(3)38(45)33-21-31-29(32(33)22-36(44)51-27)16-15-26-19-28(20-30(26)31)52-42-41(47-9)40(48-11-2)39(46-8)25(5)50-42/h21,23-32,34-35,37,39-42H,10-20,22H2,1-9H3/t23-,24-,25+,26+,27+,28-,29-,30-,31-,32+,34+,35+,37+,39+,40-,41-,42+/m1/s1. The van der Waals surface area contributed by atoms with Crippen LogP contribution in [0.1, 0.15) is 105 Å². The van der Waals surface area contributed by atoms with E-state index in [1.54, 1.807) is 14.2 Å². The van der Waals surface area contributed by atoms with E-state index < -0.39 is 12.4 Å². The Balaban J connectivity index is 1.20. The summed E-state index contributed by atoms with van der Waals surface area (Å²) in [7, 11) is 7.55. The molecule has 302 valence electrons. The summed E-state index contributed by atoms with van der Waals surface area (Å²) in [5.74, 6) is 0.733. The van der Waals surface area contributed by atoms with Crippen LogP contribution in [0.4, 0.5) is 0 Å². The molecule has 17 atom stereocenters. The number of nitrogens with zero attached hydrogens (tertiary/aromatic N) is 1. The van der Waals surface area contributed by atoms with Gasteiger partial charge in [-0.3, -0.25) is 9.59 Å². The Morgan fingerprint density at radius 1 is 0.830 bits per heavy atom. The van der Waals surface area contributed by atoms with E-state index in [4.69, 9.17) is 37.9 Å². The Bertz CT molecular complexity index is 1260. The number of carbonyl (C=O) groups is 2. The maximum Gasteiger partial charge on any atom is 0.306 e. The number of likely N-dealkylation sites (N-methyl/N-ethyl adjacent to an activating group) is 1. The van der Waals surface area contributed by atoms with E-state index in [0.29, 0.717) is 24.5 Å². The van der Waals surface area contributed by atoms with Crippen LogP contribution in [0.15, 0.2) is 11.6 Å². The smallest absolute Gasteiger partial charge is 0.306 e. The highest BCUT2D eigenvalue weighted by molar-refractivity contribution is 5.99. The summed E-state index contributed by atoms with van der Waals surface area (Å²) in [6.45, 7) is 10.7. The number of hydrogen-bond donors (Lipinski definition) is 0. The van der Waals surface area contributed by atoms with Crippen molar-refractivity contribution in [3.63, 3.8) is 0 Å². The van der Waals surface area contributed by atoms with Gasteiger partial charge in [0.05, 0.1) is 30.8 Å². The number of ether oxygens (including phenoxy) is 8. The van der Waals surface area contributed by atoms with Gasteiger partial charge in [0.1, 0.15) is 24.4 Å². The molecule has 3 saturated heterocycles. The fourth-order valence-electron chi connectivity index (χ4n) is 11.1. The lowest BCUT2D eigenvalue weighted by atomic mass is 9.66. The second-order valence-corrected chi connectivity index (χ2v) is 17.1. The van der Waals surface area contributed by atoms with Crippen LogP contribution < -0.4 is 0 Å². The van der Waals surface area contributed by atoms with Crippen molar-refractivity contribution < 1.29 is 47.5 Å². The third-order valence-electron chi connectivity index (χ3n) is 13.8. The van der Waals surface area contributed by atoms with Crippen LogP contribution >= 0.6 is 0 Å². The first-order valence-corrected chi connectivity index (χ1v) is 20.9. The van der Waals surface area contributed by atoms with Gasteiger partial charge in [0.25, 0.3) is 0 Å². The quantitative estimate of drug-likeness (QED) is 0.242. The van der Waals surface area contributed by atoms with E-state index in [2.05, 4.69) is 38.9 Å². The Hall–Kier alpha value is -1.44. The van der Waals surface area contributed by atoms with Crippen molar-refractivity contribution in [1.29, 1.82) is 0 Å². The Morgan fingerprint density at radius 3 is 2.28 bits per heavy atom. The first-order chi connectivity index (χ1) is 25.5. The molecule has 6 rings (SSSR count). The topological polar surface area (TPSA) is 111 Å². The lowest BCUT2D eigenvalue weighted by molar-refractivity contribution is -0.317. The SMILES string of the molecule is CCO[C@@H]1[C@@H](OC)[C@H](C)O[C@@H](O[C@@H]2C[C@@H]3CC[C@@H]4[C@@H](C=C5C(=O)[C@H](C)[C@@H](O[C@H]6CC[C@H](N(C)C)[C@@H](C)O6)CCC[C@H](CC)OC(=O)C[C@H]54)[C@@H]3C2)[C@@H]1OC. The van der Waals surface area contributed by atoms with Crippen LogP contribution in [0, 0.1) is 35.5 Å². The average Bonchev–Trinajstić information content (AvgIpc) is 3.70. The number of methoxy groups -OCH3 is 2. The van der Waals surface area contributed by atoms with Crippen LogP contribution in [-0.2, 0) is 47.5 Å². The summed E-state index contributed by atoms with van der Waals surface area (Å²) in [5, 5.41) is 0. The normalized spacial score (nSPS) is 45.4. The number of carbonyl (C=O) groups excluding carboxylic acids is 2. The highest BCUT2D eigenvalue weighted by atomic mass is 16.7. The third-order valence-corrected chi connectivity index (χ3v) is 13.8. The molecule has 3 aliphatic carbocycles. The summed E-state index contributed by atoms with van der Waals surface area (Å²) >= 11 is 0. The zero-order valence-electron chi connectivity index (χ0n) is 33.9. The number of hydrogen-bond acceptors (Lipinski definition) is 11. The van der Waals surface area contributed by atoms with Crippen LogP contribution in [-0.4, -0.2) is 119 Å². The van der Waals surface area contributed by atoms with Crippen LogP contribution in [0.5, 0.6) is 0 Å². The second kappa shape index (κ2) is 18.2. The molecule has 0 bridgehead atoms. The Labute approximate surface area is 318 Å². The van der Waals surface area contributed by atoms with Crippen molar-refractivity contribution in [3.8, 4) is 0 Å². The molecule has 2 saturated carbocycles. The summed E-state index contributed by atoms with van der Waals surface area (Å²) in [6.07, 6.45) is 8.81. The molecule has 0 aromatic carbocycles. The van der Waals surface area contributed by atoms with Gasteiger partial charge in [-0.1, -0.05) is 19.9 Å². The lowest BCUT2D eigenvalue weighted by Gasteiger charge is -2.44. The lowest BCUT2D eigenvalue weighted by Crippen LogP contribution is -2.60. The molecule has 0 radical (unpaired) electrons. The minimum atomic E-state index is -0.568. The summed E-state index contributed by atoms with van der Waals surface area (Å²) in [6, 6.07) is 0.345. The van der Waals surface area contributed by atoms with E-state index in [1.807, 2.05) is 20.8 Å². The number of cyclic esters (lactones) is 1. The first-order valence-electron chi connectivity index (χ1n) is 20.9. The van der Waals surface area contributed by atoms with Gasteiger partial charge in [-0.15, -0.1) is 0 Å². The maximum absolute atomic E-state index is 14.7. The minimum absolute atomic E-state index is 0.00218. The average molecular weight is 748 g/mol. The minimum Gasteiger partial charge on any atom is -0.462 e. The summed E-state index contributed by atoms with van der Waals surface area (Å²) in [5.41, 5.74) is 0.816. The number of Topliss-reactive ketones (excluding diaryl/α,β-unsaturated/α-hetero) is 1. The zero-order chi connectivity index (χ0) is 38.0. The molecule has 6 aliphatic rings. The van der Waals surface area contributed by atoms with E-state index in [9.17, 15) is 9.59 Å². The van der Waals surface area contributed by atoms with Crippen LogP contribution in [0.2, 0.25) is 0 Å². The fourth-order valence-corrected chi connectivity index (χ4v) is 11.1. The van der Waals surface area contributed by atoms with E-state index >= 15 is 0 Å². The molecule has 0 spiro atoms. The van der Waals surface area contributed by atoms with E-state index in [0.717, 1.165) is 69.8 Å². The van der Waals surface area contributed by atoms with Crippen LogP contribution in [0.3, 0.4) is 0 Å². The van der Waals surface area contributed by atoms with Crippen molar-refractivity contribution >= 4 is 11.8 Å². The number of ketones is 1. The number of fused-ring (bicyclic) bond motifs is 5. The largest absolute Gasteiger partial charge is 0.462 e. The van der Waals surface area contributed by atoms with Crippen molar-refractivity contribution in [2.75, 3.05) is 34.9 Å². The molecule has 5 fully saturated rings. The third kappa shape index (κ3) is 8.93. The molecular weight excluding hydrogens is 678 g/mol. The molecule has 0 amide bonds. The molecule has 0 N–H and O–H groups in total. The van der Waals surface area contributed by atoms with Gasteiger partial charge in [-0.2, -0.15) is 0 Å². The van der Waals surface area contributed by atoms with Crippen molar-refractivity contribution in [1.82, 2.24) is 4.90 Å². The van der Waals surface area contributed by atoms with Gasteiger partial charge in [-0.25, -0.2) is 0 Å². The molecule has 11 heteroatoms. The molecular formula is C42H69NO10.